The van der Waals surface area contributed by atoms with E-state index in [4.69, 9.17) is 0 Å². The third-order valence-corrected chi connectivity index (χ3v) is 2.30. The normalized spacial score (nSPS) is 23.1. The van der Waals surface area contributed by atoms with Gasteiger partial charge in [0.25, 0.3) is 0 Å². The highest BCUT2D eigenvalue weighted by atomic mass is 15.2. The van der Waals surface area contributed by atoms with Crippen LogP contribution in [0.3, 0.4) is 0 Å². The summed E-state index contributed by atoms with van der Waals surface area (Å²) in [5.74, 6) is 1.81. The maximum Gasteiger partial charge on any atom is 0.147 e. The molecule has 0 unspecified atom stereocenters. The van der Waals surface area contributed by atoms with Crippen LogP contribution in [0.15, 0.2) is 18.6 Å². The maximum absolute atomic E-state index is 4.26. The van der Waals surface area contributed by atoms with Crippen LogP contribution < -0.4 is 4.90 Å². The van der Waals surface area contributed by atoms with Gasteiger partial charge >= 0.3 is 0 Å². The van der Waals surface area contributed by atoms with Crippen molar-refractivity contribution < 1.29 is 0 Å². The molecule has 0 aromatic carbocycles. The van der Waals surface area contributed by atoms with Gasteiger partial charge in [-0.25, -0.2) is 4.98 Å². The fourth-order valence-electron chi connectivity index (χ4n) is 1.60. The quantitative estimate of drug-likeness (QED) is 0.625. The molecular weight excluding hydrogens is 150 g/mol. The Balaban J connectivity index is 2.11. The van der Waals surface area contributed by atoms with Gasteiger partial charge in [0.15, 0.2) is 0 Å². The first-order valence-electron chi connectivity index (χ1n) is 4.37. The molecule has 0 bridgehead atoms. The van der Waals surface area contributed by atoms with Gasteiger partial charge in [-0.1, -0.05) is 6.92 Å². The molecule has 0 radical (unpaired) electrons. The van der Waals surface area contributed by atoms with Crippen molar-refractivity contribution in [2.75, 3.05) is 18.0 Å². The van der Waals surface area contributed by atoms with Crippen LogP contribution in [0.1, 0.15) is 13.3 Å². The maximum atomic E-state index is 4.26. The van der Waals surface area contributed by atoms with E-state index in [-0.39, 0.29) is 0 Å². The van der Waals surface area contributed by atoms with Crippen molar-refractivity contribution in [3.8, 4) is 0 Å². The van der Waals surface area contributed by atoms with Gasteiger partial charge in [-0.2, -0.15) is 0 Å². The van der Waals surface area contributed by atoms with E-state index in [9.17, 15) is 0 Å². The molecule has 3 nitrogen and oxygen atoms in total. The number of rotatable bonds is 1. The molecule has 1 aromatic heterocycles. The molecule has 64 valence electrons. The first kappa shape index (κ1) is 7.53. The van der Waals surface area contributed by atoms with Crippen LogP contribution in [0.4, 0.5) is 5.82 Å². The predicted octanol–water partition coefficient (Wildman–Crippen LogP) is 1.32. The SMILES string of the molecule is C[C@@H]1CCN(c2cnccn2)C1. The van der Waals surface area contributed by atoms with Crippen molar-refractivity contribution in [1.82, 2.24) is 9.97 Å². The Morgan fingerprint density at radius 2 is 2.42 bits per heavy atom. The fraction of sp³-hybridized carbons (Fsp3) is 0.556. The molecule has 0 N–H and O–H groups in total. The molecule has 0 spiro atoms. The summed E-state index contributed by atoms with van der Waals surface area (Å²) in [6, 6.07) is 0. The Kier molecular flexibility index (Phi) is 1.94. The summed E-state index contributed by atoms with van der Waals surface area (Å²) in [6.45, 7) is 4.52. The van der Waals surface area contributed by atoms with Gasteiger partial charge in [-0.15, -0.1) is 0 Å². The Labute approximate surface area is 72.4 Å². The second-order valence-electron chi connectivity index (χ2n) is 3.40. The molecule has 1 aromatic rings. The molecule has 1 aliphatic rings. The Morgan fingerprint density at radius 3 is 3.00 bits per heavy atom. The van der Waals surface area contributed by atoms with Crippen LogP contribution in [0, 0.1) is 5.92 Å². The lowest BCUT2D eigenvalue weighted by Crippen LogP contribution is -2.20. The largest absolute Gasteiger partial charge is 0.355 e. The average Bonchev–Trinajstić information content (AvgIpc) is 2.54. The minimum absolute atomic E-state index is 0.798. The number of aromatic nitrogens is 2. The van der Waals surface area contributed by atoms with Crippen molar-refractivity contribution in [3.63, 3.8) is 0 Å². The van der Waals surface area contributed by atoms with E-state index in [2.05, 4.69) is 21.8 Å². The van der Waals surface area contributed by atoms with Crippen LogP contribution in [0.2, 0.25) is 0 Å². The second kappa shape index (κ2) is 3.09. The van der Waals surface area contributed by atoms with E-state index in [0.29, 0.717) is 0 Å². The molecule has 2 rings (SSSR count). The molecule has 2 heterocycles. The van der Waals surface area contributed by atoms with Crippen LogP contribution in [-0.4, -0.2) is 23.1 Å². The summed E-state index contributed by atoms with van der Waals surface area (Å²) >= 11 is 0. The topological polar surface area (TPSA) is 29.0 Å². The number of anilines is 1. The smallest absolute Gasteiger partial charge is 0.147 e. The van der Waals surface area contributed by atoms with Crippen molar-refractivity contribution in [2.24, 2.45) is 5.92 Å². The van der Waals surface area contributed by atoms with Gasteiger partial charge < -0.3 is 4.90 Å². The van der Waals surface area contributed by atoms with E-state index in [0.717, 1.165) is 24.8 Å². The molecule has 1 atom stereocenters. The van der Waals surface area contributed by atoms with E-state index >= 15 is 0 Å². The molecule has 0 saturated carbocycles. The van der Waals surface area contributed by atoms with Crippen molar-refractivity contribution in [3.05, 3.63) is 18.6 Å². The third kappa shape index (κ3) is 1.40. The molecule has 0 aliphatic carbocycles. The highest BCUT2D eigenvalue weighted by Crippen LogP contribution is 2.19. The summed E-state index contributed by atoms with van der Waals surface area (Å²) in [6.07, 6.45) is 6.57. The first-order valence-corrected chi connectivity index (χ1v) is 4.37. The molecule has 1 fully saturated rings. The zero-order chi connectivity index (χ0) is 8.39. The standard InChI is InChI=1S/C9H13N3/c1-8-2-5-12(7-8)9-6-10-3-4-11-9/h3-4,6,8H,2,5,7H2,1H3/t8-/m1/s1. The van der Waals surface area contributed by atoms with Crippen LogP contribution >= 0.6 is 0 Å². The molecule has 1 saturated heterocycles. The second-order valence-corrected chi connectivity index (χ2v) is 3.40. The lowest BCUT2D eigenvalue weighted by Gasteiger charge is -2.15. The van der Waals surface area contributed by atoms with Crippen LogP contribution in [0.5, 0.6) is 0 Å². The van der Waals surface area contributed by atoms with Crippen molar-refractivity contribution in [1.29, 1.82) is 0 Å². The first-order chi connectivity index (χ1) is 5.86. The minimum Gasteiger partial charge on any atom is -0.355 e. The average molecular weight is 163 g/mol. The monoisotopic (exact) mass is 163 g/mol. The number of nitrogens with zero attached hydrogens (tertiary/aromatic N) is 3. The molecule has 12 heavy (non-hydrogen) atoms. The lowest BCUT2D eigenvalue weighted by atomic mass is 10.2. The van der Waals surface area contributed by atoms with Gasteiger partial charge in [0.05, 0.1) is 6.20 Å². The highest BCUT2D eigenvalue weighted by Gasteiger charge is 2.19. The lowest BCUT2D eigenvalue weighted by molar-refractivity contribution is 0.659. The van der Waals surface area contributed by atoms with Gasteiger partial charge in [-0.05, 0) is 12.3 Å². The molecule has 3 heteroatoms. The molecule has 1 aliphatic heterocycles. The van der Waals surface area contributed by atoms with Gasteiger partial charge in [-0.3, -0.25) is 4.98 Å². The zero-order valence-electron chi connectivity index (χ0n) is 7.27. The fourth-order valence-corrected chi connectivity index (χ4v) is 1.60. The van der Waals surface area contributed by atoms with Crippen molar-refractivity contribution in [2.45, 2.75) is 13.3 Å². The summed E-state index contributed by atoms with van der Waals surface area (Å²) in [4.78, 5) is 10.6. The van der Waals surface area contributed by atoms with Crippen LogP contribution in [-0.2, 0) is 0 Å². The zero-order valence-corrected chi connectivity index (χ0v) is 7.27. The van der Waals surface area contributed by atoms with Gasteiger partial charge in [0.1, 0.15) is 5.82 Å². The predicted molar refractivity (Wildman–Crippen MR) is 48.0 cm³/mol. The van der Waals surface area contributed by atoms with Crippen LogP contribution in [0.25, 0.3) is 0 Å². The summed E-state index contributed by atoms with van der Waals surface area (Å²) < 4.78 is 0. The van der Waals surface area contributed by atoms with E-state index in [1.165, 1.54) is 6.42 Å². The Hall–Kier alpha value is -1.12. The third-order valence-electron chi connectivity index (χ3n) is 2.30. The number of hydrogen-bond acceptors (Lipinski definition) is 3. The summed E-state index contributed by atoms with van der Waals surface area (Å²) in [7, 11) is 0. The van der Waals surface area contributed by atoms with E-state index < -0.39 is 0 Å². The minimum atomic E-state index is 0.798. The summed E-state index contributed by atoms with van der Waals surface area (Å²) in [5.41, 5.74) is 0. The highest BCUT2D eigenvalue weighted by molar-refractivity contribution is 5.36. The molecular formula is C9H13N3. The van der Waals surface area contributed by atoms with E-state index in [1.54, 1.807) is 12.4 Å². The Morgan fingerprint density at radius 1 is 1.50 bits per heavy atom. The molecule has 0 amide bonds. The Bertz CT molecular complexity index is 247. The van der Waals surface area contributed by atoms with Gasteiger partial charge in [0, 0.05) is 25.5 Å². The van der Waals surface area contributed by atoms with E-state index in [1.807, 2.05) is 6.20 Å². The van der Waals surface area contributed by atoms with Gasteiger partial charge in [0.2, 0.25) is 0 Å². The number of hydrogen-bond donors (Lipinski definition) is 0. The van der Waals surface area contributed by atoms with Crippen molar-refractivity contribution >= 4 is 5.82 Å². The summed E-state index contributed by atoms with van der Waals surface area (Å²) in [5, 5.41) is 0.